The van der Waals surface area contributed by atoms with Crippen LogP contribution >= 0.6 is 0 Å². The number of fused-ring (bicyclic) bond motifs is 6. The highest BCUT2D eigenvalue weighted by atomic mass is 16.5. The van der Waals surface area contributed by atoms with E-state index in [1.807, 2.05) is 12.1 Å². The van der Waals surface area contributed by atoms with Gasteiger partial charge in [0.25, 0.3) is 0 Å². The maximum atomic E-state index is 5.63. The van der Waals surface area contributed by atoms with Gasteiger partial charge in [0, 0.05) is 10.8 Å². The first-order chi connectivity index (χ1) is 10.8. The predicted molar refractivity (Wildman–Crippen MR) is 92.1 cm³/mol. The molecule has 0 amide bonds. The molecule has 0 aromatic heterocycles. The van der Waals surface area contributed by atoms with E-state index in [4.69, 9.17) is 9.47 Å². The van der Waals surface area contributed by atoms with Crippen molar-refractivity contribution in [1.82, 2.24) is 0 Å². The number of hydrogen-bond acceptors (Lipinski definition) is 2. The van der Waals surface area contributed by atoms with E-state index in [9.17, 15) is 0 Å². The van der Waals surface area contributed by atoms with Crippen molar-refractivity contribution in [2.75, 3.05) is 14.2 Å². The highest BCUT2D eigenvalue weighted by Crippen LogP contribution is 2.43. The van der Waals surface area contributed by atoms with Crippen LogP contribution in [0.1, 0.15) is 0 Å². The van der Waals surface area contributed by atoms with Gasteiger partial charge in [0.2, 0.25) is 0 Å². The van der Waals surface area contributed by atoms with Crippen molar-refractivity contribution in [3.8, 4) is 11.5 Å². The molecule has 0 atom stereocenters. The van der Waals surface area contributed by atoms with E-state index in [2.05, 4.69) is 48.5 Å². The summed E-state index contributed by atoms with van der Waals surface area (Å²) in [5.41, 5.74) is 0. The summed E-state index contributed by atoms with van der Waals surface area (Å²) in [6.07, 6.45) is 0. The third-order valence-electron chi connectivity index (χ3n) is 4.25. The summed E-state index contributed by atoms with van der Waals surface area (Å²) >= 11 is 0. The summed E-state index contributed by atoms with van der Waals surface area (Å²) in [7, 11) is 3.43. The van der Waals surface area contributed by atoms with Crippen LogP contribution in [0.25, 0.3) is 32.3 Å². The van der Waals surface area contributed by atoms with Crippen molar-refractivity contribution >= 4 is 32.3 Å². The lowest BCUT2D eigenvalue weighted by Gasteiger charge is -2.15. The van der Waals surface area contributed by atoms with Crippen LogP contribution in [0, 0.1) is 0 Å². The minimum Gasteiger partial charge on any atom is -0.496 e. The lowest BCUT2D eigenvalue weighted by atomic mass is 9.93. The van der Waals surface area contributed by atoms with Crippen molar-refractivity contribution in [1.29, 1.82) is 0 Å². The zero-order valence-corrected chi connectivity index (χ0v) is 12.6. The highest BCUT2D eigenvalue weighted by Gasteiger charge is 2.15. The molecule has 2 nitrogen and oxygen atoms in total. The normalized spacial score (nSPS) is 11.2. The van der Waals surface area contributed by atoms with Crippen LogP contribution in [-0.2, 0) is 0 Å². The van der Waals surface area contributed by atoms with Crippen LogP contribution in [-0.4, -0.2) is 14.2 Å². The van der Waals surface area contributed by atoms with Gasteiger partial charge in [-0.25, -0.2) is 0 Å². The average Bonchev–Trinajstić information content (AvgIpc) is 2.60. The van der Waals surface area contributed by atoms with Gasteiger partial charge in [-0.2, -0.15) is 0 Å². The SMILES string of the molecule is COc1ccc(OC)c2c3ccccc3c3ccccc3c12. The molecule has 0 radical (unpaired) electrons. The molecular weight excluding hydrogens is 272 g/mol. The Morgan fingerprint density at radius 2 is 0.864 bits per heavy atom. The smallest absolute Gasteiger partial charge is 0.127 e. The van der Waals surface area contributed by atoms with Gasteiger partial charge in [-0.3, -0.25) is 0 Å². The van der Waals surface area contributed by atoms with Crippen LogP contribution in [0.5, 0.6) is 11.5 Å². The Labute approximate surface area is 128 Å². The zero-order valence-electron chi connectivity index (χ0n) is 12.6. The molecule has 0 aliphatic rings. The molecule has 2 heteroatoms. The van der Waals surface area contributed by atoms with Gasteiger partial charge in [-0.15, -0.1) is 0 Å². The number of benzene rings is 4. The first kappa shape index (κ1) is 13.0. The van der Waals surface area contributed by atoms with Gasteiger partial charge < -0.3 is 9.47 Å². The Morgan fingerprint density at radius 3 is 1.23 bits per heavy atom. The molecule has 4 aromatic carbocycles. The third-order valence-corrected chi connectivity index (χ3v) is 4.25. The Bertz CT molecular complexity index is 920. The number of rotatable bonds is 2. The maximum absolute atomic E-state index is 5.63. The molecule has 0 aliphatic carbocycles. The van der Waals surface area contributed by atoms with Gasteiger partial charge in [0.15, 0.2) is 0 Å². The van der Waals surface area contributed by atoms with E-state index in [1.54, 1.807) is 14.2 Å². The standard InChI is InChI=1S/C20H16O2/c1-21-17-11-12-18(22-2)20-16-10-6-4-8-14(16)13-7-3-5-9-15(13)19(17)20/h3-12H,1-2H3. The van der Waals surface area contributed by atoms with Crippen molar-refractivity contribution in [3.63, 3.8) is 0 Å². The first-order valence-electron chi connectivity index (χ1n) is 7.29. The molecule has 0 bridgehead atoms. The lowest BCUT2D eigenvalue weighted by Crippen LogP contribution is -1.92. The monoisotopic (exact) mass is 288 g/mol. The van der Waals surface area contributed by atoms with Crippen LogP contribution in [0.3, 0.4) is 0 Å². The van der Waals surface area contributed by atoms with Crippen molar-refractivity contribution < 1.29 is 9.47 Å². The molecule has 108 valence electrons. The minimum absolute atomic E-state index is 0.873. The summed E-state index contributed by atoms with van der Waals surface area (Å²) < 4.78 is 11.3. The summed E-state index contributed by atoms with van der Waals surface area (Å²) in [6.45, 7) is 0. The van der Waals surface area contributed by atoms with Gasteiger partial charge in [-0.1, -0.05) is 48.5 Å². The van der Waals surface area contributed by atoms with Crippen LogP contribution in [0.4, 0.5) is 0 Å². The van der Waals surface area contributed by atoms with Gasteiger partial charge in [0.05, 0.1) is 14.2 Å². The van der Waals surface area contributed by atoms with Crippen LogP contribution in [0.2, 0.25) is 0 Å². The molecular formula is C20H16O2. The third kappa shape index (κ3) is 1.67. The maximum Gasteiger partial charge on any atom is 0.127 e. The molecule has 22 heavy (non-hydrogen) atoms. The number of methoxy groups -OCH3 is 2. The van der Waals surface area contributed by atoms with E-state index in [0.29, 0.717) is 0 Å². The summed E-state index contributed by atoms with van der Waals surface area (Å²) in [5, 5.41) is 7.06. The summed E-state index contributed by atoms with van der Waals surface area (Å²) in [6, 6.07) is 20.8. The summed E-state index contributed by atoms with van der Waals surface area (Å²) in [4.78, 5) is 0. The van der Waals surface area contributed by atoms with Crippen LogP contribution < -0.4 is 9.47 Å². The Balaban J connectivity index is 2.42. The molecule has 0 saturated heterocycles. The second-order valence-corrected chi connectivity index (χ2v) is 5.31. The second kappa shape index (κ2) is 4.92. The van der Waals surface area contributed by atoms with E-state index < -0.39 is 0 Å². The lowest BCUT2D eigenvalue weighted by molar-refractivity contribution is 0.411. The van der Waals surface area contributed by atoms with Crippen LogP contribution in [0.15, 0.2) is 60.7 Å². The van der Waals surface area contributed by atoms with Crippen molar-refractivity contribution in [2.24, 2.45) is 0 Å². The second-order valence-electron chi connectivity index (χ2n) is 5.31. The molecule has 0 N–H and O–H groups in total. The average molecular weight is 288 g/mol. The molecule has 0 aliphatic heterocycles. The number of hydrogen-bond donors (Lipinski definition) is 0. The highest BCUT2D eigenvalue weighted by molar-refractivity contribution is 6.28. The van der Waals surface area contributed by atoms with E-state index in [-0.39, 0.29) is 0 Å². The van der Waals surface area contributed by atoms with E-state index in [1.165, 1.54) is 21.5 Å². The summed E-state index contributed by atoms with van der Waals surface area (Å²) in [5.74, 6) is 1.75. The van der Waals surface area contributed by atoms with E-state index >= 15 is 0 Å². The fraction of sp³-hybridized carbons (Fsp3) is 0.100. The topological polar surface area (TPSA) is 18.5 Å². The van der Waals surface area contributed by atoms with Gasteiger partial charge >= 0.3 is 0 Å². The fourth-order valence-electron chi connectivity index (χ4n) is 3.31. The quantitative estimate of drug-likeness (QED) is 0.474. The number of ether oxygens (including phenoxy) is 2. The van der Waals surface area contributed by atoms with Crippen molar-refractivity contribution in [3.05, 3.63) is 60.7 Å². The zero-order chi connectivity index (χ0) is 15.1. The molecule has 0 spiro atoms. The minimum atomic E-state index is 0.873. The van der Waals surface area contributed by atoms with Gasteiger partial charge in [0.1, 0.15) is 11.5 Å². The molecule has 0 fully saturated rings. The van der Waals surface area contributed by atoms with E-state index in [0.717, 1.165) is 22.3 Å². The Hall–Kier alpha value is -2.74. The fourth-order valence-corrected chi connectivity index (χ4v) is 3.31. The predicted octanol–water partition coefficient (Wildman–Crippen LogP) is 5.16. The molecule has 0 saturated carbocycles. The molecule has 0 unspecified atom stereocenters. The largest absolute Gasteiger partial charge is 0.496 e. The molecule has 0 heterocycles. The first-order valence-corrected chi connectivity index (χ1v) is 7.29. The van der Waals surface area contributed by atoms with Crippen molar-refractivity contribution in [2.45, 2.75) is 0 Å². The Morgan fingerprint density at radius 1 is 0.500 bits per heavy atom. The molecule has 4 rings (SSSR count). The molecule has 4 aromatic rings. The van der Waals surface area contributed by atoms with Gasteiger partial charge in [-0.05, 0) is 33.7 Å². The Kier molecular flexibility index (Phi) is 2.90.